The summed E-state index contributed by atoms with van der Waals surface area (Å²) in [4.78, 5) is 12.5. The Balaban J connectivity index is 2.00. The Morgan fingerprint density at radius 1 is 0.824 bits per heavy atom. The van der Waals surface area contributed by atoms with Crippen LogP contribution in [0.15, 0.2) is 0 Å². The Hall–Kier alpha value is -0.370. The first-order valence-corrected chi connectivity index (χ1v) is 7.49. The maximum absolute atomic E-state index is 12.5. The molecule has 0 radical (unpaired) electrons. The average Bonchev–Trinajstić information content (AvgIpc) is 2.71. The molecule has 2 rings (SSSR count). The highest BCUT2D eigenvalue weighted by Gasteiger charge is 2.39. The molecule has 0 aromatic carbocycles. The number of ketones is 1. The first kappa shape index (κ1) is 13.1. The predicted molar refractivity (Wildman–Crippen MR) is 68.9 cm³/mol. The van der Waals surface area contributed by atoms with Crippen molar-refractivity contribution >= 4 is 5.78 Å². The van der Waals surface area contributed by atoms with Crippen LogP contribution in [0.5, 0.6) is 0 Å². The highest BCUT2D eigenvalue weighted by atomic mass is 16.3. The number of carbonyl (C=O) groups is 1. The molecule has 2 aliphatic carbocycles. The van der Waals surface area contributed by atoms with Crippen LogP contribution in [0.1, 0.15) is 77.0 Å². The first-order chi connectivity index (χ1) is 8.22. The molecule has 2 nitrogen and oxygen atoms in total. The maximum Gasteiger partial charge on any atom is 0.167 e. The standard InChI is InChI=1S/C15H26O2/c16-14(13-9-5-1-2-6-10-13)15(17)11-7-3-4-8-12-15/h13,17H,1-12H2. The molecular formula is C15H26O2. The summed E-state index contributed by atoms with van der Waals surface area (Å²) >= 11 is 0. The quantitative estimate of drug-likeness (QED) is 0.746. The van der Waals surface area contributed by atoms with Crippen molar-refractivity contribution in [3.8, 4) is 0 Å². The summed E-state index contributed by atoms with van der Waals surface area (Å²) in [5.41, 5.74) is -0.967. The van der Waals surface area contributed by atoms with E-state index in [1.807, 2.05) is 0 Å². The van der Waals surface area contributed by atoms with E-state index in [2.05, 4.69) is 0 Å². The van der Waals surface area contributed by atoms with Crippen LogP contribution in [0.2, 0.25) is 0 Å². The summed E-state index contributed by atoms with van der Waals surface area (Å²) in [7, 11) is 0. The summed E-state index contributed by atoms with van der Waals surface area (Å²) in [6, 6.07) is 0. The SMILES string of the molecule is O=C(C1CCCCCC1)C1(O)CCCCCC1. The molecule has 2 aliphatic rings. The van der Waals surface area contributed by atoms with Crippen molar-refractivity contribution in [2.45, 2.75) is 82.7 Å². The van der Waals surface area contributed by atoms with E-state index in [1.54, 1.807) is 0 Å². The van der Waals surface area contributed by atoms with Crippen molar-refractivity contribution in [3.05, 3.63) is 0 Å². The zero-order valence-electron chi connectivity index (χ0n) is 10.9. The van der Waals surface area contributed by atoms with Gasteiger partial charge < -0.3 is 5.11 Å². The minimum absolute atomic E-state index is 0.153. The van der Waals surface area contributed by atoms with Gasteiger partial charge in [-0.2, -0.15) is 0 Å². The molecule has 1 N–H and O–H groups in total. The van der Waals surface area contributed by atoms with Gasteiger partial charge in [0.1, 0.15) is 5.60 Å². The fraction of sp³-hybridized carbons (Fsp3) is 0.933. The van der Waals surface area contributed by atoms with Gasteiger partial charge in [0.15, 0.2) is 5.78 Å². The molecule has 0 spiro atoms. The van der Waals surface area contributed by atoms with Crippen molar-refractivity contribution in [1.82, 2.24) is 0 Å². The van der Waals surface area contributed by atoms with Gasteiger partial charge in [0.25, 0.3) is 0 Å². The van der Waals surface area contributed by atoms with Gasteiger partial charge in [-0.15, -0.1) is 0 Å². The number of hydrogen-bond acceptors (Lipinski definition) is 2. The second-order valence-corrected chi connectivity index (χ2v) is 6.00. The van der Waals surface area contributed by atoms with Gasteiger partial charge >= 0.3 is 0 Å². The summed E-state index contributed by atoms with van der Waals surface area (Å²) in [6.45, 7) is 0. The molecule has 0 unspecified atom stereocenters. The van der Waals surface area contributed by atoms with Crippen LogP contribution in [-0.2, 0) is 4.79 Å². The maximum atomic E-state index is 12.5. The van der Waals surface area contributed by atoms with E-state index in [1.165, 1.54) is 38.5 Å². The molecule has 17 heavy (non-hydrogen) atoms. The first-order valence-electron chi connectivity index (χ1n) is 7.49. The third-order valence-electron chi connectivity index (χ3n) is 4.62. The molecule has 0 aromatic rings. The Morgan fingerprint density at radius 3 is 1.82 bits per heavy atom. The summed E-state index contributed by atoms with van der Waals surface area (Å²) in [6.07, 6.45) is 12.7. The molecule has 0 atom stereocenters. The van der Waals surface area contributed by atoms with Gasteiger partial charge in [-0.1, -0.05) is 51.4 Å². The van der Waals surface area contributed by atoms with Crippen LogP contribution < -0.4 is 0 Å². The van der Waals surface area contributed by atoms with E-state index in [4.69, 9.17) is 0 Å². The number of aliphatic hydroxyl groups is 1. The van der Waals surface area contributed by atoms with Crippen LogP contribution in [0, 0.1) is 5.92 Å². The van der Waals surface area contributed by atoms with Crippen molar-refractivity contribution in [3.63, 3.8) is 0 Å². The van der Waals surface area contributed by atoms with E-state index in [0.29, 0.717) is 12.8 Å². The molecule has 2 fully saturated rings. The summed E-state index contributed by atoms with van der Waals surface area (Å²) < 4.78 is 0. The lowest BCUT2D eigenvalue weighted by Gasteiger charge is -2.29. The third-order valence-corrected chi connectivity index (χ3v) is 4.62. The van der Waals surface area contributed by atoms with Gasteiger partial charge in [0.2, 0.25) is 0 Å². The number of carbonyl (C=O) groups excluding carboxylic acids is 1. The summed E-state index contributed by atoms with van der Waals surface area (Å²) in [5.74, 6) is 0.335. The fourth-order valence-electron chi connectivity index (χ4n) is 3.48. The lowest BCUT2D eigenvalue weighted by atomic mass is 9.80. The van der Waals surface area contributed by atoms with E-state index >= 15 is 0 Å². The van der Waals surface area contributed by atoms with Gasteiger partial charge in [-0.25, -0.2) is 0 Å². The van der Waals surface area contributed by atoms with Crippen LogP contribution >= 0.6 is 0 Å². The Kier molecular flexibility index (Phi) is 4.61. The zero-order chi connectivity index (χ0) is 12.1. The Labute approximate surface area is 105 Å². The number of Topliss-reactive ketones (excluding diaryl/α,β-unsaturated/α-hetero) is 1. The second kappa shape index (κ2) is 5.99. The fourth-order valence-corrected chi connectivity index (χ4v) is 3.48. The van der Waals surface area contributed by atoms with E-state index < -0.39 is 5.60 Å². The normalized spacial score (nSPS) is 27.1. The molecular weight excluding hydrogens is 212 g/mol. The minimum Gasteiger partial charge on any atom is -0.382 e. The Morgan fingerprint density at radius 2 is 1.29 bits per heavy atom. The van der Waals surface area contributed by atoms with Crippen molar-refractivity contribution < 1.29 is 9.90 Å². The van der Waals surface area contributed by atoms with Gasteiger partial charge in [0.05, 0.1) is 0 Å². The highest BCUT2D eigenvalue weighted by Crippen LogP contribution is 2.34. The van der Waals surface area contributed by atoms with E-state index in [-0.39, 0.29) is 11.7 Å². The topological polar surface area (TPSA) is 37.3 Å². The number of rotatable bonds is 2. The largest absolute Gasteiger partial charge is 0.382 e. The van der Waals surface area contributed by atoms with E-state index in [9.17, 15) is 9.90 Å². The zero-order valence-corrected chi connectivity index (χ0v) is 10.9. The van der Waals surface area contributed by atoms with Gasteiger partial charge in [0, 0.05) is 5.92 Å². The smallest absolute Gasteiger partial charge is 0.167 e. The molecule has 0 aliphatic heterocycles. The molecule has 98 valence electrons. The molecule has 0 bridgehead atoms. The highest BCUT2D eigenvalue weighted by molar-refractivity contribution is 5.89. The molecule has 2 heteroatoms. The molecule has 2 saturated carbocycles. The molecule has 0 heterocycles. The van der Waals surface area contributed by atoms with Crippen molar-refractivity contribution in [2.24, 2.45) is 5.92 Å². The van der Waals surface area contributed by atoms with Crippen molar-refractivity contribution in [2.75, 3.05) is 0 Å². The lowest BCUT2D eigenvalue weighted by Crippen LogP contribution is -2.42. The van der Waals surface area contributed by atoms with Crippen molar-refractivity contribution in [1.29, 1.82) is 0 Å². The van der Waals surface area contributed by atoms with Crippen LogP contribution in [-0.4, -0.2) is 16.5 Å². The third kappa shape index (κ3) is 3.31. The van der Waals surface area contributed by atoms with Crippen LogP contribution in [0.25, 0.3) is 0 Å². The number of hydrogen-bond donors (Lipinski definition) is 1. The average molecular weight is 238 g/mol. The van der Waals surface area contributed by atoms with Crippen LogP contribution in [0.4, 0.5) is 0 Å². The minimum atomic E-state index is -0.967. The predicted octanol–water partition coefficient (Wildman–Crippen LogP) is 3.61. The second-order valence-electron chi connectivity index (χ2n) is 6.00. The Bertz CT molecular complexity index is 244. The lowest BCUT2D eigenvalue weighted by molar-refractivity contribution is -0.143. The monoisotopic (exact) mass is 238 g/mol. The molecule has 0 saturated heterocycles. The van der Waals surface area contributed by atoms with E-state index in [0.717, 1.165) is 25.7 Å². The van der Waals surface area contributed by atoms with Crippen LogP contribution in [0.3, 0.4) is 0 Å². The van der Waals surface area contributed by atoms with Gasteiger partial charge in [-0.05, 0) is 25.7 Å². The molecule has 0 amide bonds. The van der Waals surface area contributed by atoms with Gasteiger partial charge in [-0.3, -0.25) is 4.79 Å². The molecule has 0 aromatic heterocycles. The summed E-state index contributed by atoms with van der Waals surface area (Å²) in [5, 5.41) is 10.6.